The smallest absolute Gasteiger partial charge is 0.0707 e. The van der Waals surface area contributed by atoms with E-state index < -0.39 is 0 Å². The Morgan fingerprint density at radius 2 is 2.33 bits per heavy atom. The lowest BCUT2D eigenvalue weighted by Crippen LogP contribution is -2.22. The standard InChI is InChI=1S/C9H10N2S/c1-8-3-2-4-9(7-8)11-10-5-6-12-11/h2-7,10H,1H3. The molecule has 0 unspecified atom stereocenters. The second-order valence-electron chi connectivity index (χ2n) is 2.67. The van der Waals surface area contributed by atoms with Crippen LogP contribution in [0.2, 0.25) is 0 Å². The van der Waals surface area contributed by atoms with Crippen molar-refractivity contribution in [2.75, 3.05) is 4.41 Å². The average Bonchev–Trinajstić information content (AvgIpc) is 2.56. The lowest BCUT2D eigenvalue weighted by molar-refractivity contribution is 0.980. The molecule has 0 radical (unpaired) electrons. The molecule has 1 heterocycles. The van der Waals surface area contributed by atoms with Gasteiger partial charge >= 0.3 is 0 Å². The highest BCUT2D eigenvalue weighted by molar-refractivity contribution is 8.03. The van der Waals surface area contributed by atoms with Crippen molar-refractivity contribution < 1.29 is 0 Å². The number of nitrogens with zero attached hydrogens (tertiary/aromatic N) is 1. The van der Waals surface area contributed by atoms with Crippen molar-refractivity contribution in [2.45, 2.75) is 6.92 Å². The summed E-state index contributed by atoms with van der Waals surface area (Å²) in [6.45, 7) is 2.09. The number of rotatable bonds is 1. The van der Waals surface area contributed by atoms with E-state index in [0.29, 0.717) is 0 Å². The Morgan fingerprint density at radius 3 is 3.00 bits per heavy atom. The monoisotopic (exact) mass is 178 g/mol. The van der Waals surface area contributed by atoms with Gasteiger partial charge in [0.15, 0.2) is 0 Å². The van der Waals surface area contributed by atoms with Crippen LogP contribution in [0.4, 0.5) is 5.69 Å². The van der Waals surface area contributed by atoms with Crippen LogP contribution in [0.15, 0.2) is 35.9 Å². The number of anilines is 1. The van der Waals surface area contributed by atoms with E-state index in [2.05, 4.69) is 36.6 Å². The SMILES string of the molecule is Cc1cccc(N2NC=CS2)c1. The van der Waals surface area contributed by atoms with Gasteiger partial charge in [0.05, 0.1) is 5.69 Å². The maximum absolute atomic E-state index is 3.12. The van der Waals surface area contributed by atoms with Gasteiger partial charge in [0.1, 0.15) is 0 Å². The third kappa shape index (κ3) is 1.41. The molecule has 1 aliphatic rings. The number of benzene rings is 1. The number of hydrazine groups is 1. The van der Waals surface area contributed by atoms with Gasteiger partial charge in [-0.15, -0.1) is 0 Å². The van der Waals surface area contributed by atoms with Gasteiger partial charge in [-0.25, -0.2) is 4.41 Å². The summed E-state index contributed by atoms with van der Waals surface area (Å²) in [5.74, 6) is 0. The first-order valence-corrected chi connectivity index (χ1v) is 4.65. The van der Waals surface area contributed by atoms with E-state index in [-0.39, 0.29) is 0 Å². The molecule has 1 aromatic carbocycles. The first-order chi connectivity index (χ1) is 5.86. The summed E-state index contributed by atoms with van der Waals surface area (Å²) in [6.07, 6.45) is 1.92. The molecule has 12 heavy (non-hydrogen) atoms. The van der Waals surface area contributed by atoms with Crippen molar-refractivity contribution in [1.29, 1.82) is 0 Å². The molecule has 3 heteroatoms. The van der Waals surface area contributed by atoms with Crippen LogP contribution in [0.25, 0.3) is 0 Å². The first-order valence-electron chi connectivity index (χ1n) is 3.81. The Labute approximate surface area is 76.4 Å². The minimum absolute atomic E-state index is 1.19. The summed E-state index contributed by atoms with van der Waals surface area (Å²) in [5, 5.41) is 2.02. The van der Waals surface area contributed by atoms with E-state index in [4.69, 9.17) is 0 Å². The minimum Gasteiger partial charge on any atom is -0.295 e. The summed E-state index contributed by atoms with van der Waals surface area (Å²) in [6, 6.07) is 8.38. The molecule has 0 spiro atoms. The number of hydrogen-bond donors (Lipinski definition) is 1. The summed E-state index contributed by atoms with van der Waals surface area (Å²) in [5.41, 5.74) is 5.58. The predicted molar refractivity (Wildman–Crippen MR) is 53.5 cm³/mol. The predicted octanol–water partition coefficient (Wildman–Crippen LogP) is 2.44. The zero-order valence-corrected chi connectivity index (χ0v) is 7.64. The molecule has 0 atom stereocenters. The molecule has 1 aliphatic heterocycles. The van der Waals surface area contributed by atoms with E-state index in [0.717, 1.165) is 0 Å². The number of hydrogen-bond acceptors (Lipinski definition) is 3. The van der Waals surface area contributed by atoms with Crippen LogP contribution in [-0.2, 0) is 0 Å². The van der Waals surface area contributed by atoms with E-state index in [1.54, 1.807) is 11.9 Å². The van der Waals surface area contributed by atoms with Crippen molar-refractivity contribution in [1.82, 2.24) is 5.43 Å². The summed E-state index contributed by atoms with van der Waals surface area (Å²) >= 11 is 1.65. The van der Waals surface area contributed by atoms with Gasteiger partial charge in [-0.05, 0) is 24.6 Å². The largest absolute Gasteiger partial charge is 0.295 e. The highest BCUT2D eigenvalue weighted by atomic mass is 32.2. The van der Waals surface area contributed by atoms with Gasteiger partial charge in [0.2, 0.25) is 0 Å². The normalized spacial score (nSPS) is 14.9. The first kappa shape index (κ1) is 7.55. The van der Waals surface area contributed by atoms with Crippen molar-refractivity contribution in [3.8, 4) is 0 Å². The lowest BCUT2D eigenvalue weighted by atomic mass is 10.2. The van der Waals surface area contributed by atoms with Gasteiger partial charge < -0.3 is 0 Å². The molecule has 0 saturated carbocycles. The third-order valence-corrected chi connectivity index (χ3v) is 2.45. The molecule has 0 amide bonds. The van der Waals surface area contributed by atoms with Crippen molar-refractivity contribution in [2.24, 2.45) is 0 Å². The van der Waals surface area contributed by atoms with Gasteiger partial charge in [-0.1, -0.05) is 12.1 Å². The highest BCUT2D eigenvalue weighted by Gasteiger charge is 2.06. The van der Waals surface area contributed by atoms with Crippen LogP contribution in [-0.4, -0.2) is 0 Å². The molecule has 0 fully saturated rings. The Bertz CT molecular complexity index is 301. The molecule has 0 saturated heterocycles. The van der Waals surface area contributed by atoms with E-state index in [9.17, 15) is 0 Å². The second-order valence-corrected chi connectivity index (χ2v) is 3.52. The second kappa shape index (κ2) is 3.11. The van der Waals surface area contributed by atoms with Crippen LogP contribution >= 0.6 is 11.9 Å². The molecule has 0 aliphatic carbocycles. The third-order valence-electron chi connectivity index (χ3n) is 1.66. The summed E-state index contributed by atoms with van der Waals surface area (Å²) < 4.78 is 2.02. The molecule has 2 nitrogen and oxygen atoms in total. The Balaban J connectivity index is 2.22. The Kier molecular flexibility index (Phi) is 1.96. The molecular weight excluding hydrogens is 168 g/mol. The van der Waals surface area contributed by atoms with E-state index in [1.165, 1.54) is 11.3 Å². The zero-order chi connectivity index (χ0) is 8.39. The maximum atomic E-state index is 3.12. The summed E-state index contributed by atoms with van der Waals surface area (Å²) in [7, 11) is 0. The van der Waals surface area contributed by atoms with Crippen molar-refractivity contribution in [3.05, 3.63) is 41.4 Å². The minimum atomic E-state index is 1.19. The van der Waals surface area contributed by atoms with E-state index >= 15 is 0 Å². The molecule has 1 aromatic rings. The molecule has 0 bridgehead atoms. The fraction of sp³-hybridized carbons (Fsp3) is 0.111. The molecule has 1 N–H and O–H groups in total. The van der Waals surface area contributed by atoms with Crippen LogP contribution in [0.5, 0.6) is 0 Å². The van der Waals surface area contributed by atoms with Crippen LogP contribution in [0, 0.1) is 6.92 Å². The molecule has 2 rings (SSSR count). The fourth-order valence-electron chi connectivity index (χ4n) is 1.11. The Hall–Kier alpha value is -1.09. The number of nitrogens with one attached hydrogen (secondary N) is 1. The van der Waals surface area contributed by atoms with E-state index in [1.807, 2.05) is 16.0 Å². The van der Waals surface area contributed by atoms with Crippen LogP contribution < -0.4 is 9.84 Å². The van der Waals surface area contributed by atoms with Gasteiger partial charge in [-0.2, -0.15) is 0 Å². The van der Waals surface area contributed by atoms with Gasteiger partial charge in [0, 0.05) is 23.6 Å². The van der Waals surface area contributed by atoms with Crippen molar-refractivity contribution in [3.63, 3.8) is 0 Å². The average molecular weight is 178 g/mol. The van der Waals surface area contributed by atoms with Crippen LogP contribution in [0.3, 0.4) is 0 Å². The highest BCUT2D eigenvalue weighted by Crippen LogP contribution is 2.24. The molecule has 62 valence electrons. The van der Waals surface area contributed by atoms with Crippen molar-refractivity contribution >= 4 is 17.6 Å². The maximum Gasteiger partial charge on any atom is 0.0707 e. The van der Waals surface area contributed by atoms with Gasteiger partial charge in [-0.3, -0.25) is 5.43 Å². The molecular formula is C9H10N2S. The number of aryl methyl sites for hydroxylation is 1. The fourth-order valence-corrected chi connectivity index (χ4v) is 1.71. The van der Waals surface area contributed by atoms with Crippen LogP contribution in [0.1, 0.15) is 5.56 Å². The molecule has 0 aromatic heterocycles. The van der Waals surface area contributed by atoms with Gasteiger partial charge in [0.25, 0.3) is 0 Å². The zero-order valence-electron chi connectivity index (χ0n) is 6.82. The Morgan fingerprint density at radius 1 is 1.42 bits per heavy atom. The topological polar surface area (TPSA) is 15.3 Å². The lowest BCUT2D eigenvalue weighted by Gasteiger charge is -2.16. The quantitative estimate of drug-likeness (QED) is 0.665. The summed E-state index contributed by atoms with van der Waals surface area (Å²) in [4.78, 5) is 0.